The molecule has 4 aliphatic rings. The molecular weight excluding hydrogens is 590 g/mol. The van der Waals surface area contributed by atoms with E-state index in [0.29, 0.717) is 64.4 Å². The van der Waals surface area contributed by atoms with Gasteiger partial charge >= 0.3 is 6.01 Å². The molecule has 0 radical (unpaired) electrons. The SMILES string of the molecule is CCc1c(F)ccc2cc(OC=O)cc(-c3ncc4c(N5C[C@H]6CC[C@@H](C5)C6N)nc(OCC56CCCN5CCC6)nc4c3F)c12. The van der Waals surface area contributed by atoms with E-state index < -0.39 is 11.6 Å². The lowest BCUT2D eigenvalue weighted by Gasteiger charge is -2.37. The van der Waals surface area contributed by atoms with Crippen molar-refractivity contribution < 1.29 is 23.0 Å². The van der Waals surface area contributed by atoms with Gasteiger partial charge in [0.05, 0.1) is 10.9 Å². The zero-order chi connectivity index (χ0) is 31.6. The van der Waals surface area contributed by atoms with Gasteiger partial charge in [0.15, 0.2) is 5.82 Å². The number of aryl methyl sites for hydroxylation is 1. The van der Waals surface area contributed by atoms with Crippen LogP contribution in [0.4, 0.5) is 14.6 Å². The largest absolute Gasteiger partial charge is 0.461 e. The standard InChI is InChI=1S/C35H38F2N6O3/c1-2-24-27(36)8-7-20-13-23(46-19-44)14-25(28(20)24)31-29(37)32-26(15-39-31)33(42-16-21-5-6-22(17-42)30(21)38)41-34(40-32)45-18-35-9-3-11-43(35)12-4-10-35/h7-8,13-15,19,21-22,30H,2-6,9-12,16-18,38H2,1H3/t21-,22+,30?. The second-order valence-electron chi connectivity index (χ2n) is 13.5. The second kappa shape index (κ2) is 11.4. The molecule has 46 heavy (non-hydrogen) atoms. The highest BCUT2D eigenvalue weighted by Crippen LogP contribution is 2.43. The summed E-state index contributed by atoms with van der Waals surface area (Å²) in [6.07, 6.45) is 8.49. The van der Waals surface area contributed by atoms with Crippen LogP contribution in [0.3, 0.4) is 0 Å². The van der Waals surface area contributed by atoms with Crippen molar-refractivity contribution in [2.24, 2.45) is 17.6 Å². The lowest BCUT2D eigenvalue weighted by molar-refractivity contribution is -0.120. The number of hydrogen-bond acceptors (Lipinski definition) is 9. The van der Waals surface area contributed by atoms with Crippen LogP contribution in [0, 0.1) is 23.5 Å². The Morgan fingerprint density at radius 3 is 2.57 bits per heavy atom. The maximum absolute atomic E-state index is 17.0. The van der Waals surface area contributed by atoms with Crippen LogP contribution in [0.15, 0.2) is 30.5 Å². The number of ether oxygens (including phenoxy) is 2. The third kappa shape index (κ3) is 4.69. The molecule has 2 bridgehead atoms. The summed E-state index contributed by atoms with van der Waals surface area (Å²) in [6, 6.07) is 6.43. The number of halogens is 2. The van der Waals surface area contributed by atoms with E-state index in [2.05, 4.69) is 19.8 Å². The van der Waals surface area contributed by atoms with Crippen LogP contribution < -0.4 is 20.1 Å². The minimum Gasteiger partial charge on any atom is -0.461 e. The zero-order valence-electron chi connectivity index (χ0n) is 26.0. The smallest absolute Gasteiger partial charge is 0.319 e. The first kappa shape index (κ1) is 29.4. The van der Waals surface area contributed by atoms with Crippen LogP contribution in [0.5, 0.6) is 11.8 Å². The fourth-order valence-corrected chi connectivity index (χ4v) is 8.76. The van der Waals surface area contributed by atoms with Crippen molar-refractivity contribution in [3.05, 3.63) is 47.7 Å². The summed E-state index contributed by atoms with van der Waals surface area (Å²) >= 11 is 0. The summed E-state index contributed by atoms with van der Waals surface area (Å²) in [5.74, 6) is 0.411. The summed E-state index contributed by atoms with van der Waals surface area (Å²) in [5.41, 5.74) is 7.33. The molecule has 3 atom stereocenters. The first-order chi connectivity index (χ1) is 22.4. The van der Waals surface area contributed by atoms with Crippen molar-refractivity contribution in [2.45, 2.75) is 63.5 Å². The lowest BCUT2D eigenvalue weighted by atomic mass is 9.93. The van der Waals surface area contributed by atoms with Crippen LogP contribution in [-0.2, 0) is 11.2 Å². The molecule has 0 amide bonds. The van der Waals surface area contributed by atoms with Crippen LogP contribution in [0.2, 0.25) is 0 Å². The van der Waals surface area contributed by atoms with Crippen molar-refractivity contribution in [1.82, 2.24) is 19.9 Å². The molecule has 3 aliphatic heterocycles. The van der Waals surface area contributed by atoms with Crippen molar-refractivity contribution in [3.63, 3.8) is 0 Å². The monoisotopic (exact) mass is 628 g/mol. The highest BCUT2D eigenvalue weighted by atomic mass is 19.1. The normalized spacial score (nSPS) is 23.7. The molecule has 1 aliphatic carbocycles. The first-order valence-corrected chi connectivity index (χ1v) is 16.5. The van der Waals surface area contributed by atoms with Crippen molar-refractivity contribution in [3.8, 4) is 23.0 Å². The fraction of sp³-hybridized carbons (Fsp3) is 0.486. The van der Waals surface area contributed by atoms with Crippen molar-refractivity contribution in [1.29, 1.82) is 0 Å². The van der Waals surface area contributed by atoms with Crippen molar-refractivity contribution >= 4 is 34.0 Å². The zero-order valence-corrected chi connectivity index (χ0v) is 26.0. The van der Waals surface area contributed by atoms with Gasteiger partial charge in [-0.1, -0.05) is 13.0 Å². The average molecular weight is 629 g/mol. The second-order valence-corrected chi connectivity index (χ2v) is 13.5. The number of nitrogens with zero attached hydrogens (tertiary/aromatic N) is 5. The Morgan fingerprint density at radius 2 is 1.85 bits per heavy atom. The molecule has 4 aromatic rings. The van der Waals surface area contributed by atoms with Gasteiger partial charge < -0.3 is 20.1 Å². The van der Waals surface area contributed by atoms with E-state index in [9.17, 15) is 4.79 Å². The minimum absolute atomic E-state index is 0.0122. The van der Waals surface area contributed by atoms with Crippen LogP contribution in [0.25, 0.3) is 32.9 Å². The molecule has 8 rings (SSSR count). The van der Waals surface area contributed by atoms with E-state index in [4.69, 9.17) is 20.2 Å². The van der Waals surface area contributed by atoms with Gasteiger partial charge in [-0.2, -0.15) is 9.97 Å². The Bertz CT molecular complexity index is 1830. The molecule has 11 heteroatoms. The number of nitrogens with two attached hydrogens (primary N) is 1. The summed E-state index contributed by atoms with van der Waals surface area (Å²) in [7, 11) is 0. The van der Waals surface area contributed by atoms with Crippen molar-refractivity contribution in [2.75, 3.05) is 37.7 Å². The molecule has 4 fully saturated rings. The number of rotatable bonds is 8. The third-order valence-electron chi connectivity index (χ3n) is 11.1. The van der Waals surface area contributed by atoms with Gasteiger partial charge in [-0.25, -0.2) is 8.78 Å². The molecule has 0 spiro atoms. The number of aromatic nitrogens is 3. The number of benzene rings is 2. The molecule has 2 aromatic heterocycles. The summed E-state index contributed by atoms with van der Waals surface area (Å²) in [4.78, 5) is 30.2. The highest BCUT2D eigenvalue weighted by Gasteiger charge is 2.45. The predicted molar refractivity (Wildman–Crippen MR) is 171 cm³/mol. The number of pyridine rings is 1. The number of anilines is 1. The average Bonchev–Trinajstić information content (AvgIpc) is 3.69. The molecule has 240 valence electrons. The van der Waals surface area contributed by atoms with E-state index in [1.807, 2.05) is 6.92 Å². The molecule has 1 unspecified atom stereocenters. The highest BCUT2D eigenvalue weighted by molar-refractivity contribution is 6.02. The van der Waals surface area contributed by atoms with E-state index in [0.717, 1.165) is 64.7 Å². The van der Waals surface area contributed by atoms with Gasteiger partial charge in [-0.3, -0.25) is 14.7 Å². The molecule has 2 aromatic carbocycles. The van der Waals surface area contributed by atoms with Crippen LogP contribution in [0.1, 0.15) is 51.0 Å². The van der Waals surface area contributed by atoms with E-state index in [-0.39, 0.29) is 34.6 Å². The summed E-state index contributed by atoms with van der Waals surface area (Å²) in [6.45, 7) is 6.18. The van der Waals surface area contributed by atoms with Gasteiger partial charge in [-0.15, -0.1) is 0 Å². The molecule has 3 saturated heterocycles. The summed E-state index contributed by atoms with van der Waals surface area (Å²) < 4.78 is 43.6. The van der Waals surface area contributed by atoms with Gasteiger partial charge in [0.2, 0.25) is 0 Å². The van der Waals surface area contributed by atoms with Gasteiger partial charge in [-0.05, 0) is 104 Å². The van der Waals surface area contributed by atoms with E-state index in [1.54, 1.807) is 18.3 Å². The van der Waals surface area contributed by atoms with E-state index in [1.165, 1.54) is 12.1 Å². The number of fused-ring (bicyclic) bond motifs is 5. The Kier molecular flexibility index (Phi) is 7.28. The van der Waals surface area contributed by atoms with Gasteiger partial charge in [0.1, 0.15) is 35.2 Å². The number of hydrogen-bond donors (Lipinski definition) is 1. The van der Waals surface area contributed by atoms with Gasteiger partial charge in [0.25, 0.3) is 6.47 Å². The number of piperidine rings is 1. The Balaban J connectivity index is 1.29. The quantitative estimate of drug-likeness (QED) is 0.257. The maximum atomic E-state index is 17.0. The molecule has 2 N–H and O–H groups in total. The molecule has 5 heterocycles. The molecule has 9 nitrogen and oxygen atoms in total. The lowest BCUT2D eigenvalue weighted by Crippen LogP contribution is -2.49. The third-order valence-corrected chi connectivity index (χ3v) is 11.1. The topological polar surface area (TPSA) is 107 Å². The minimum atomic E-state index is -0.667. The summed E-state index contributed by atoms with van der Waals surface area (Å²) in [5, 5.41) is 1.61. The predicted octanol–water partition coefficient (Wildman–Crippen LogP) is 5.40. The Labute approximate surface area is 266 Å². The number of carbonyl (C=O) groups is 1. The molecular formula is C35H38F2N6O3. The van der Waals surface area contributed by atoms with Gasteiger partial charge in [0, 0.05) is 30.9 Å². The van der Waals surface area contributed by atoms with Crippen LogP contribution in [-0.4, -0.2) is 70.7 Å². The molecule has 1 saturated carbocycles. The van der Waals surface area contributed by atoms with Crippen LogP contribution >= 0.6 is 0 Å². The number of carbonyl (C=O) groups excluding carboxylic acids is 1. The Hall–Kier alpha value is -3.96. The van der Waals surface area contributed by atoms with E-state index >= 15 is 8.78 Å². The first-order valence-electron chi connectivity index (χ1n) is 16.5. The Morgan fingerprint density at radius 1 is 1.09 bits per heavy atom. The maximum Gasteiger partial charge on any atom is 0.319 e. The fourth-order valence-electron chi connectivity index (χ4n) is 8.76.